The molecule has 0 spiro atoms. The number of hydrogen-bond donors (Lipinski definition) is 1. The number of amides is 1. The molecule has 30 heavy (non-hydrogen) atoms. The Balaban J connectivity index is 1.41. The van der Waals surface area contributed by atoms with E-state index in [-0.39, 0.29) is 5.91 Å². The van der Waals surface area contributed by atoms with Crippen LogP contribution in [-0.4, -0.2) is 38.8 Å². The van der Waals surface area contributed by atoms with Crippen molar-refractivity contribution in [3.05, 3.63) is 58.0 Å². The molecule has 0 unspecified atom stereocenters. The highest BCUT2D eigenvalue weighted by Crippen LogP contribution is 2.27. The third-order valence-corrected chi connectivity index (χ3v) is 5.85. The average molecular weight is 424 g/mol. The van der Waals surface area contributed by atoms with Gasteiger partial charge in [-0.25, -0.2) is 9.97 Å². The van der Waals surface area contributed by atoms with E-state index in [2.05, 4.69) is 37.3 Å². The molecule has 3 aromatic rings. The Bertz CT molecular complexity index is 1050. The van der Waals surface area contributed by atoms with Gasteiger partial charge in [-0.3, -0.25) is 9.69 Å². The summed E-state index contributed by atoms with van der Waals surface area (Å²) in [5.74, 6) is 2.00. The number of rotatable bonds is 5. The number of carbonyl (C=O) groups excluding carboxylic acids is 1. The van der Waals surface area contributed by atoms with Crippen molar-refractivity contribution in [2.75, 3.05) is 18.4 Å². The highest BCUT2D eigenvalue weighted by Gasteiger charge is 2.16. The van der Waals surface area contributed by atoms with Crippen LogP contribution in [0, 0.1) is 13.8 Å². The normalized spacial score (nSPS) is 14.1. The van der Waals surface area contributed by atoms with Gasteiger partial charge in [-0.2, -0.15) is 4.98 Å². The molecule has 0 bridgehead atoms. The molecule has 0 saturated carbocycles. The lowest BCUT2D eigenvalue weighted by Gasteiger charge is -2.18. The van der Waals surface area contributed by atoms with Crippen molar-refractivity contribution >= 4 is 22.4 Å². The molecule has 1 N–H and O–H groups in total. The van der Waals surface area contributed by atoms with Gasteiger partial charge in [0.25, 0.3) is 0 Å². The van der Waals surface area contributed by atoms with E-state index in [9.17, 15) is 4.79 Å². The molecule has 4 rings (SSSR count). The molecule has 1 aliphatic rings. The van der Waals surface area contributed by atoms with E-state index in [1.807, 2.05) is 32.2 Å². The predicted molar refractivity (Wildman–Crippen MR) is 117 cm³/mol. The maximum atomic E-state index is 11.2. The van der Waals surface area contributed by atoms with Gasteiger partial charge in [0.05, 0.1) is 0 Å². The molecule has 156 valence electrons. The number of benzene rings is 1. The minimum Gasteiger partial charge on any atom is -0.439 e. The van der Waals surface area contributed by atoms with Crippen molar-refractivity contribution in [1.82, 2.24) is 19.9 Å². The van der Waals surface area contributed by atoms with Gasteiger partial charge in [0, 0.05) is 49.4 Å². The fourth-order valence-corrected chi connectivity index (χ4v) is 4.54. The molecule has 0 radical (unpaired) electrons. The molecule has 2 aromatic heterocycles. The van der Waals surface area contributed by atoms with Gasteiger partial charge in [0.15, 0.2) is 5.13 Å². The molecule has 1 aliphatic heterocycles. The molecule has 1 amide bonds. The fourth-order valence-electron chi connectivity index (χ4n) is 3.63. The van der Waals surface area contributed by atoms with Crippen LogP contribution < -0.4 is 10.1 Å². The molecule has 0 aliphatic carbocycles. The molecule has 8 heteroatoms. The van der Waals surface area contributed by atoms with Crippen molar-refractivity contribution in [1.29, 1.82) is 0 Å². The summed E-state index contributed by atoms with van der Waals surface area (Å²) in [4.78, 5) is 27.7. The van der Waals surface area contributed by atoms with Gasteiger partial charge in [-0.05, 0) is 49.9 Å². The van der Waals surface area contributed by atoms with Crippen LogP contribution in [0.5, 0.6) is 11.6 Å². The Morgan fingerprint density at radius 2 is 1.97 bits per heavy atom. The summed E-state index contributed by atoms with van der Waals surface area (Å²) in [6.07, 6.45) is 3.82. The number of fused-ring (bicyclic) bond motifs is 1. The smallest absolute Gasteiger partial charge is 0.223 e. The van der Waals surface area contributed by atoms with Crippen molar-refractivity contribution in [2.24, 2.45) is 0 Å². The lowest BCUT2D eigenvalue weighted by atomic mass is 10.0. The van der Waals surface area contributed by atoms with Crippen molar-refractivity contribution in [3.8, 4) is 11.6 Å². The number of thiazole rings is 1. The molecule has 1 aromatic carbocycles. The maximum Gasteiger partial charge on any atom is 0.223 e. The van der Waals surface area contributed by atoms with Crippen molar-refractivity contribution < 1.29 is 9.53 Å². The van der Waals surface area contributed by atoms with Gasteiger partial charge in [-0.1, -0.05) is 6.07 Å². The number of anilines is 1. The quantitative estimate of drug-likeness (QED) is 0.670. The molecule has 0 atom stereocenters. The first-order valence-electron chi connectivity index (χ1n) is 10.0. The Labute approximate surface area is 180 Å². The minimum atomic E-state index is -0.0913. The molecule has 3 heterocycles. The number of aromatic nitrogens is 3. The number of nitrogens with one attached hydrogen (secondary N) is 1. The van der Waals surface area contributed by atoms with E-state index in [1.54, 1.807) is 0 Å². The summed E-state index contributed by atoms with van der Waals surface area (Å²) in [6.45, 7) is 8.11. The van der Waals surface area contributed by atoms with Crippen molar-refractivity contribution in [3.63, 3.8) is 0 Å². The summed E-state index contributed by atoms with van der Waals surface area (Å²) < 4.78 is 6.00. The second-order valence-corrected chi connectivity index (χ2v) is 8.63. The van der Waals surface area contributed by atoms with E-state index >= 15 is 0 Å². The summed E-state index contributed by atoms with van der Waals surface area (Å²) in [6, 6.07) is 8.17. The standard InChI is InChI=1S/C22H25N5O2S/c1-14-10-21(25-15(2)24-14)29-19-5-4-17-6-8-27(9-7-18(17)11-19)13-20-12-23-22(30-20)26-16(3)28/h4-5,10-12H,6-9,13H2,1-3H3,(H,23,26,28). The number of aryl methyl sites for hydroxylation is 2. The van der Waals surface area contributed by atoms with E-state index < -0.39 is 0 Å². The van der Waals surface area contributed by atoms with Crippen LogP contribution in [0.3, 0.4) is 0 Å². The van der Waals surface area contributed by atoms with E-state index in [4.69, 9.17) is 4.74 Å². The fraction of sp³-hybridized carbons (Fsp3) is 0.364. The molecule has 0 saturated heterocycles. The van der Waals surface area contributed by atoms with Gasteiger partial charge in [-0.15, -0.1) is 11.3 Å². The zero-order valence-electron chi connectivity index (χ0n) is 17.4. The Hall–Kier alpha value is -2.84. The van der Waals surface area contributed by atoms with Crippen LogP contribution in [-0.2, 0) is 24.2 Å². The van der Waals surface area contributed by atoms with Crippen LogP contribution in [0.2, 0.25) is 0 Å². The Morgan fingerprint density at radius 3 is 2.73 bits per heavy atom. The SMILES string of the molecule is CC(=O)Nc1ncc(CN2CCc3ccc(Oc4cc(C)nc(C)n4)cc3CC2)s1. The summed E-state index contributed by atoms with van der Waals surface area (Å²) in [5.41, 5.74) is 3.58. The first-order chi connectivity index (χ1) is 14.4. The van der Waals surface area contributed by atoms with Gasteiger partial charge in [0.1, 0.15) is 11.6 Å². The highest BCUT2D eigenvalue weighted by atomic mass is 32.1. The monoisotopic (exact) mass is 423 g/mol. The zero-order valence-corrected chi connectivity index (χ0v) is 18.3. The van der Waals surface area contributed by atoms with Crippen LogP contribution in [0.1, 0.15) is 34.4 Å². The van der Waals surface area contributed by atoms with Crippen LogP contribution >= 0.6 is 11.3 Å². The highest BCUT2D eigenvalue weighted by molar-refractivity contribution is 7.15. The van der Waals surface area contributed by atoms with Crippen LogP contribution in [0.15, 0.2) is 30.5 Å². The summed E-state index contributed by atoms with van der Waals surface area (Å²) in [7, 11) is 0. The molecule has 7 nitrogen and oxygen atoms in total. The van der Waals surface area contributed by atoms with E-state index in [0.29, 0.717) is 16.8 Å². The number of hydrogen-bond acceptors (Lipinski definition) is 7. The van der Waals surface area contributed by atoms with E-state index in [0.717, 1.165) is 48.8 Å². The number of ether oxygens (including phenoxy) is 1. The summed E-state index contributed by atoms with van der Waals surface area (Å²) in [5, 5.41) is 3.41. The molecular formula is C22H25N5O2S. The third kappa shape index (κ3) is 5.20. The van der Waals surface area contributed by atoms with E-state index in [1.165, 1.54) is 29.4 Å². The average Bonchev–Trinajstić information content (AvgIpc) is 2.99. The van der Waals surface area contributed by atoms with Gasteiger partial charge in [0.2, 0.25) is 11.8 Å². The Morgan fingerprint density at radius 1 is 1.17 bits per heavy atom. The first-order valence-corrected chi connectivity index (χ1v) is 10.8. The summed E-state index contributed by atoms with van der Waals surface area (Å²) >= 11 is 1.53. The van der Waals surface area contributed by atoms with Gasteiger partial charge >= 0.3 is 0 Å². The lowest BCUT2D eigenvalue weighted by Crippen LogP contribution is -2.25. The minimum absolute atomic E-state index is 0.0913. The largest absolute Gasteiger partial charge is 0.439 e. The molecular weight excluding hydrogens is 398 g/mol. The number of nitrogens with zero attached hydrogens (tertiary/aromatic N) is 4. The lowest BCUT2D eigenvalue weighted by molar-refractivity contribution is -0.114. The predicted octanol–water partition coefficient (Wildman–Crippen LogP) is 3.90. The van der Waals surface area contributed by atoms with Crippen molar-refractivity contribution in [2.45, 2.75) is 40.2 Å². The second kappa shape index (κ2) is 8.89. The van der Waals surface area contributed by atoms with Gasteiger partial charge < -0.3 is 10.1 Å². The maximum absolute atomic E-state index is 11.2. The third-order valence-electron chi connectivity index (χ3n) is 4.95. The number of carbonyl (C=O) groups is 1. The topological polar surface area (TPSA) is 80.2 Å². The second-order valence-electron chi connectivity index (χ2n) is 7.52. The zero-order chi connectivity index (χ0) is 21.1. The van der Waals surface area contributed by atoms with Crippen LogP contribution in [0.4, 0.5) is 5.13 Å². The molecule has 0 fully saturated rings. The first kappa shape index (κ1) is 20.4. The Kier molecular flexibility index (Phi) is 6.06. The van der Waals surface area contributed by atoms with Crippen LogP contribution in [0.25, 0.3) is 0 Å².